The van der Waals surface area contributed by atoms with Gasteiger partial charge in [-0.3, -0.25) is 4.57 Å². The quantitative estimate of drug-likeness (QED) is 0.188. The van der Waals surface area contributed by atoms with Crippen LogP contribution in [0.15, 0.2) is 169 Å². The van der Waals surface area contributed by atoms with E-state index in [1.165, 1.54) is 38.7 Å². The summed E-state index contributed by atoms with van der Waals surface area (Å²) >= 11 is 0. The van der Waals surface area contributed by atoms with Gasteiger partial charge in [0.05, 0.1) is 11.2 Å². The fourth-order valence-corrected chi connectivity index (χ4v) is 8.32. The van der Waals surface area contributed by atoms with Crippen LogP contribution in [0.3, 0.4) is 0 Å². The van der Waals surface area contributed by atoms with Crippen LogP contribution in [0, 0.1) is 0 Å². The number of aromatic nitrogens is 4. The highest BCUT2D eigenvalue weighted by Gasteiger charge is 2.39. The summed E-state index contributed by atoms with van der Waals surface area (Å²) in [5, 5.41) is 5.89. The van der Waals surface area contributed by atoms with Crippen LogP contribution in [0.5, 0.6) is 0 Å². The molecule has 52 heavy (non-hydrogen) atoms. The Balaban J connectivity index is 1.17. The molecule has 2 aromatic heterocycles. The number of fused-ring (bicyclic) bond motifs is 8. The molecule has 1 aliphatic carbocycles. The second-order valence-corrected chi connectivity index (χ2v) is 13.7. The van der Waals surface area contributed by atoms with Gasteiger partial charge < -0.3 is 4.90 Å². The van der Waals surface area contributed by atoms with Crippen molar-refractivity contribution in [2.24, 2.45) is 0 Å². The van der Waals surface area contributed by atoms with E-state index < -0.39 is 0 Å². The van der Waals surface area contributed by atoms with E-state index in [0.29, 0.717) is 17.6 Å². The molecular formula is C47H31N5. The summed E-state index contributed by atoms with van der Waals surface area (Å²) in [4.78, 5) is 18.2. The lowest BCUT2D eigenvalue weighted by molar-refractivity contribution is 0.792. The summed E-state index contributed by atoms with van der Waals surface area (Å²) in [6.07, 6.45) is 3.26. The molecule has 1 atom stereocenters. The number of allylic oxidation sites excluding steroid dienone is 1. The van der Waals surface area contributed by atoms with Crippen molar-refractivity contribution in [3.63, 3.8) is 0 Å². The molecule has 5 nitrogen and oxygen atoms in total. The van der Waals surface area contributed by atoms with E-state index in [9.17, 15) is 0 Å². The van der Waals surface area contributed by atoms with Crippen LogP contribution < -0.4 is 4.90 Å². The minimum absolute atomic E-state index is 0.239. The van der Waals surface area contributed by atoms with Crippen molar-refractivity contribution in [1.82, 2.24) is 19.5 Å². The van der Waals surface area contributed by atoms with Crippen molar-refractivity contribution in [3.8, 4) is 28.7 Å². The SMILES string of the molecule is C1=C2C(Cc3c1n(-c1nc(-c4ccc5ccccc5c4)nc(-c4ccc5ccccc5c4)n1)c1ccccc31)c1ccccc1N2c1ccccc1. The molecule has 1 unspecified atom stereocenters. The normalized spacial score (nSPS) is 14.7. The van der Waals surface area contributed by atoms with Crippen LogP contribution in [0.25, 0.3) is 67.2 Å². The standard InChI is InChI=1S/C47H31N5/c1-2-16-36(17-3-1)51-41-20-10-8-18-37(41)39-28-40-38-19-9-11-21-42(38)52(44(40)29-43(39)51)47-49-45(34-24-22-30-12-4-6-14-32(30)26-34)48-46(50-47)35-25-23-31-13-5-7-15-33(31)27-35/h1-27,29,39H,28H2. The Bertz CT molecular complexity index is 2810. The lowest BCUT2D eigenvalue weighted by atomic mass is 9.86. The monoisotopic (exact) mass is 665 g/mol. The maximum atomic E-state index is 5.30. The van der Waals surface area contributed by atoms with Gasteiger partial charge in [-0.05, 0) is 81.6 Å². The third-order valence-electron chi connectivity index (χ3n) is 10.7. The van der Waals surface area contributed by atoms with E-state index in [1.54, 1.807) is 0 Å². The Labute approximate surface area is 300 Å². The Morgan fingerprint density at radius 3 is 1.83 bits per heavy atom. The van der Waals surface area contributed by atoms with Crippen LogP contribution in [0.4, 0.5) is 11.4 Å². The van der Waals surface area contributed by atoms with Crippen LogP contribution in [0.1, 0.15) is 22.7 Å². The topological polar surface area (TPSA) is 46.8 Å². The molecule has 244 valence electrons. The lowest BCUT2D eigenvalue weighted by Crippen LogP contribution is -2.18. The first-order valence-corrected chi connectivity index (χ1v) is 17.8. The lowest BCUT2D eigenvalue weighted by Gasteiger charge is -2.27. The molecular weight excluding hydrogens is 635 g/mol. The van der Waals surface area contributed by atoms with Gasteiger partial charge in [-0.1, -0.05) is 127 Å². The molecule has 0 saturated heterocycles. The second kappa shape index (κ2) is 11.3. The highest BCUT2D eigenvalue weighted by Crippen LogP contribution is 2.53. The average molecular weight is 666 g/mol. The van der Waals surface area contributed by atoms with Gasteiger partial charge in [0.2, 0.25) is 5.95 Å². The maximum absolute atomic E-state index is 5.30. The number of benzene rings is 7. The summed E-state index contributed by atoms with van der Waals surface area (Å²) in [5.41, 5.74) is 10.4. The average Bonchev–Trinajstić information content (AvgIpc) is 3.71. The zero-order valence-corrected chi connectivity index (χ0v) is 28.2. The molecule has 5 heteroatoms. The van der Waals surface area contributed by atoms with Gasteiger partial charge in [-0.2, -0.15) is 9.97 Å². The molecule has 9 aromatic rings. The van der Waals surface area contributed by atoms with E-state index in [2.05, 4.69) is 179 Å². The van der Waals surface area contributed by atoms with Crippen LogP contribution in [-0.4, -0.2) is 19.5 Å². The first kappa shape index (κ1) is 28.9. The summed E-state index contributed by atoms with van der Waals surface area (Å²) in [5.74, 6) is 2.13. The zero-order valence-electron chi connectivity index (χ0n) is 28.2. The van der Waals surface area contributed by atoms with Crippen molar-refractivity contribution in [2.75, 3.05) is 4.90 Å². The minimum atomic E-state index is 0.239. The molecule has 0 fully saturated rings. The van der Waals surface area contributed by atoms with Gasteiger partial charge in [0, 0.05) is 39.5 Å². The first-order valence-electron chi connectivity index (χ1n) is 17.8. The predicted molar refractivity (Wildman–Crippen MR) is 212 cm³/mol. The number of hydrogen-bond acceptors (Lipinski definition) is 4. The molecule has 3 heterocycles. The van der Waals surface area contributed by atoms with E-state index in [0.717, 1.165) is 45.2 Å². The molecule has 2 aliphatic rings. The van der Waals surface area contributed by atoms with Gasteiger partial charge in [-0.15, -0.1) is 0 Å². The minimum Gasteiger partial charge on any atom is -0.313 e. The summed E-state index contributed by atoms with van der Waals surface area (Å²) in [7, 11) is 0. The van der Waals surface area contributed by atoms with Crippen LogP contribution in [0.2, 0.25) is 0 Å². The largest absolute Gasteiger partial charge is 0.313 e. The van der Waals surface area contributed by atoms with Crippen molar-refractivity contribution >= 4 is 49.9 Å². The van der Waals surface area contributed by atoms with Crippen molar-refractivity contribution in [2.45, 2.75) is 12.3 Å². The maximum Gasteiger partial charge on any atom is 0.238 e. The van der Waals surface area contributed by atoms with Crippen LogP contribution >= 0.6 is 0 Å². The third kappa shape index (κ3) is 4.46. The van der Waals surface area contributed by atoms with Gasteiger partial charge in [0.1, 0.15) is 0 Å². The molecule has 0 saturated carbocycles. The first-order chi connectivity index (χ1) is 25.8. The third-order valence-corrected chi connectivity index (χ3v) is 10.7. The fourth-order valence-electron chi connectivity index (χ4n) is 8.32. The Hall–Kier alpha value is -6.85. The van der Waals surface area contributed by atoms with Gasteiger partial charge in [0.25, 0.3) is 0 Å². The van der Waals surface area contributed by atoms with Crippen LogP contribution in [-0.2, 0) is 6.42 Å². The molecule has 7 aromatic carbocycles. The summed E-state index contributed by atoms with van der Waals surface area (Å²) in [6.45, 7) is 0. The molecule has 0 spiro atoms. The van der Waals surface area contributed by atoms with Gasteiger partial charge >= 0.3 is 0 Å². The summed E-state index contributed by atoms with van der Waals surface area (Å²) in [6, 6.07) is 58.0. The Morgan fingerprint density at radius 1 is 0.519 bits per heavy atom. The van der Waals surface area contributed by atoms with Gasteiger partial charge in [0.15, 0.2) is 11.6 Å². The Morgan fingerprint density at radius 2 is 1.12 bits per heavy atom. The highest BCUT2D eigenvalue weighted by molar-refractivity contribution is 5.94. The number of anilines is 2. The van der Waals surface area contributed by atoms with Gasteiger partial charge in [-0.25, -0.2) is 4.98 Å². The molecule has 1 aliphatic heterocycles. The molecule has 0 radical (unpaired) electrons. The molecule has 0 N–H and O–H groups in total. The predicted octanol–water partition coefficient (Wildman–Crippen LogP) is 11.3. The summed E-state index contributed by atoms with van der Waals surface area (Å²) < 4.78 is 2.26. The Kier molecular flexibility index (Phi) is 6.31. The zero-order chi connectivity index (χ0) is 34.2. The number of nitrogens with zero attached hydrogens (tertiary/aromatic N) is 5. The highest BCUT2D eigenvalue weighted by atomic mass is 15.2. The van der Waals surface area contributed by atoms with Crippen molar-refractivity contribution in [3.05, 3.63) is 186 Å². The molecule has 0 amide bonds. The fraction of sp³-hybridized carbons (Fsp3) is 0.0426. The second-order valence-electron chi connectivity index (χ2n) is 13.7. The smallest absolute Gasteiger partial charge is 0.238 e. The van der Waals surface area contributed by atoms with Crippen molar-refractivity contribution in [1.29, 1.82) is 0 Å². The van der Waals surface area contributed by atoms with E-state index in [1.807, 2.05) is 0 Å². The number of hydrogen-bond donors (Lipinski definition) is 0. The van der Waals surface area contributed by atoms with E-state index in [4.69, 9.17) is 15.0 Å². The van der Waals surface area contributed by atoms with E-state index >= 15 is 0 Å². The van der Waals surface area contributed by atoms with E-state index in [-0.39, 0.29) is 5.92 Å². The van der Waals surface area contributed by atoms with Crippen molar-refractivity contribution < 1.29 is 0 Å². The number of rotatable bonds is 4. The molecule has 11 rings (SSSR count). The molecule has 0 bridgehead atoms. The number of para-hydroxylation sites is 3.